The van der Waals surface area contributed by atoms with Gasteiger partial charge in [-0.05, 0) is 43.4 Å². The first kappa shape index (κ1) is 14.8. The number of aryl methyl sites for hydroxylation is 1. The van der Waals surface area contributed by atoms with Crippen LogP contribution >= 0.6 is 0 Å². The lowest BCUT2D eigenvalue weighted by atomic mass is 9.96. The molecular formula is C18H20O4. The van der Waals surface area contributed by atoms with Gasteiger partial charge in [0, 0.05) is 23.9 Å². The van der Waals surface area contributed by atoms with Crippen LogP contribution in [0.1, 0.15) is 44.6 Å². The van der Waals surface area contributed by atoms with Crippen molar-refractivity contribution in [2.45, 2.75) is 51.6 Å². The predicted octanol–water partition coefficient (Wildman–Crippen LogP) is 3.64. The molecule has 4 nitrogen and oxygen atoms in total. The number of fused-ring (bicyclic) bond motifs is 1. The summed E-state index contributed by atoms with van der Waals surface area (Å²) in [5.41, 5.74) is 1.17. The van der Waals surface area contributed by atoms with Gasteiger partial charge in [-0.25, -0.2) is 4.79 Å². The van der Waals surface area contributed by atoms with Crippen LogP contribution in [-0.4, -0.2) is 11.9 Å². The molecule has 0 radical (unpaired) electrons. The van der Waals surface area contributed by atoms with Crippen molar-refractivity contribution in [3.8, 4) is 5.75 Å². The maximum atomic E-state index is 11.9. The van der Waals surface area contributed by atoms with E-state index in [1.165, 1.54) is 0 Å². The topological polar surface area (TPSA) is 56.5 Å². The fraction of sp³-hybridized carbons (Fsp3) is 0.444. The van der Waals surface area contributed by atoms with E-state index in [-0.39, 0.29) is 17.5 Å². The SMILES string of the molecule is CCCc1cc(=O)oc2cc(O[C@@H]3CCCCC3=O)ccc12. The summed E-state index contributed by atoms with van der Waals surface area (Å²) in [5, 5.41) is 0.934. The van der Waals surface area contributed by atoms with E-state index >= 15 is 0 Å². The molecule has 1 heterocycles. The molecule has 0 amide bonds. The number of hydrogen-bond donors (Lipinski definition) is 0. The zero-order valence-corrected chi connectivity index (χ0v) is 12.8. The highest BCUT2D eigenvalue weighted by molar-refractivity contribution is 5.84. The Balaban J connectivity index is 1.92. The van der Waals surface area contributed by atoms with Crippen molar-refractivity contribution < 1.29 is 13.9 Å². The number of rotatable bonds is 4. The van der Waals surface area contributed by atoms with Crippen molar-refractivity contribution in [1.29, 1.82) is 0 Å². The molecule has 0 aliphatic heterocycles. The average Bonchev–Trinajstić information content (AvgIpc) is 2.49. The summed E-state index contributed by atoms with van der Waals surface area (Å²) in [6.45, 7) is 2.08. The first-order chi connectivity index (χ1) is 10.7. The highest BCUT2D eigenvalue weighted by Crippen LogP contribution is 2.26. The molecule has 1 aliphatic carbocycles. The molecule has 22 heavy (non-hydrogen) atoms. The highest BCUT2D eigenvalue weighted by atomic mass is 16.5. The van der Waals surface area contributed by atoms with Gasteiger partial charge < -0.3 is 9.15 Å². The van der Waals surface area contributed by atoms with Crippen LogP contribution in [0.5, 0.6) is 5.75 Å². The van der Waals surface area contributed by atoms with Crippen molar-refractivity contribution in [3.05, 3.63) is 40.2 Å². The van der Waals surface area contributed by atoms with Crippen LogP contribution in [0.4, 0.5) is 0 Å². The van der Waals surface area contributed by atoms with Crippen LogP contribution in [0.3, 0.4) is 0 Å². The number of carbonyl (C=O) groups is 1. The van der Waals surface area contributed by atoms with Gasteiger partial charge in [0.2, 0.25) is 0 Å². The highest BCUT2D eigenvalue weighted by Gasteiger charge is 2.24. The molecule has 4 heteroatoms. The van der Waals surface area contributed by atoms with Gasteiger partial charge >= 0.3 is 5.63 Å². The largest absolute Gasteiger partial charge is 0.483 e. The number of hydrogen-bond acceptors (Lipinski definition) is 4. The van der Waals surface area contributed by atoms with Gasteiger partial charge in [0.15, 0.2) is 11.9 Å². The van der Waals surface area contributed by atoms with Crippen LogP contribution < -0.4 is 10.4 Å². The van der Waals surface area contributed by atoms with E-state index in [4.69, 9.17) is 9.15 Å². The third-order valence-electron chi connectivity index (χ3n) is 4.10. The number of Topliss-reactive ketones (excluding diaryl/α,β-unsaturated/α-hetero) is 1. The first-order valence-corrected chi connectivity index (χ1v) is 7.93. The van der Waals surface area contributed by atoms with Crippen molar-refractivity contribution in [3.63, 3.8) is 0 Å². The minimum atomic E-state index is -0.364. The lowest BCUT2D eigenvalue weighted by Crippen LogP contribution is -2.30. The third-order valence-corrected chi connectivity index (χ3v) is 4.10. The Bertz CT molecular complexity index is 744. The van der Waals surface area contributed by atoms with Crippen molar-refractivity contribution in [1.82, 2.24) is 0 Å². The fourth-order valence-electron chi connectivity index (χ4n) is 3.00. The minimum Gasteiger partial charge on any atom is -0.483 e. The summed E-state index contributed by atoms with van der Waals surface area (Å²) in [6, 6.07) is 7.03. The monoisotopic (exact) mass is 300 g/mol. The van der Waals surface area contributed by atoms with E-state index in [0.717, 1.165) is 43.1 Å². The molecule has 3 rings (SSSR count). The molecule has 0 spiro atoms. The molecule has 1 aromatic carbocycles. The Morgan fingerprint density at radius 1 is 1.23 bits per heavy atom. The van der Waals surface area contributed by atoms with Crippen molar-refractivity contribution in [2.24, 2.45) is 0 Å². The normalized spacial score (nSPS) is 18.6. The minimum absolute atomic E-state index is 0.160. The Kier molecular flexibility index (Phi) is 4.27. The maximum Gasteiger partial charge on any atom is 0.336 e. The molecule has 1 saturated carbocycles. The summed E-state index contributed by atoms with van der Waals surface area (Å²) in [4.78, 5) is 23.5. The standard InChI is InChI=1S/C18H20O4/c1-2-5-12-10-18(20)22-17-11-13(8-9-14(12)17)21-16-7-4-3-6-15(16)19/h8-11,16H,2-7H2,1H3/t16-/m1/s1. The Morgan fingerprint density at radius 2 is 2.09 bits per heavy atom. The van der Waals surface area contributed by atoms with Crippen LogP contribution in [-0.2, 0) is 11.2 Å². The van der Waals surface area contributed by atoms with Crippen LogP contribution in [0.15, 0.2) is 33.5 Å². The smallest absolute Gasteiger partial charge is 0.336 e. The third kappa shape index (κ3) is 3.06. The number of ketones is 1. The molecule has 116 valence electrons. The second-order valence-electron chi connectivity index (χ2n) is 5.82. The second-order valence-corrected chi connectivity index (χ2v) is 5.82. The lowest BCUT2D eigenvalue weighted by Gasteiger charge is -2.21. The molecule has 0 bridgehead atoms. The van der Waals surface area contributed by atoms with Gasteiger partial charge in [0.05, 0.1) is 0 Å². The van der Waals surface area contributed by atoms with Crippen molar-refractivity contribution >= 4 is 16.8 Å². The molecule has 1 aromatic heterocycles. The fourth-order valence-corrected chi connectivity index (χ4v) is 3.00. The summed E-state index contributed by atoms with van der Waals surface area (Å²) >= 11 is 0. The molecule has 0 saturated heterocycles. The zero-order valence-electron chi connectivity index (χ0n) is 12.8. The van der Waals surface area contributed by atoms with E-state index < -0.39 is 0 Å². The van der Waals surface area contributed by atoms with E-state index in [9.17, 15) is 9.59 Å². The average molecular weight is 300 g/mol. The lowest BCUT2D eigenvalue weighted by molar-refractivity contribution is -0.127. The van der Waals surface area contributed by atoms with Gasteiger partial charge in [-0.15, -0.1) is 0 Å². The summed E-state index contributed by atoms with van der Waals surface area (Å²) in [6.07, 6.45) is 4.75. The van der Waals surface area contributed by atoms with Crippen LogP contribution in [0, 0.1) is 0 Å². The van der Waals surface area contributed by atoms with Crippen LogP contribution in [0.2, 0.25) is 0 Å². The zero-order chi connectivity index (χ0) is 15.5. The van der Waals surface area contributed by atoms with E-state index in [1.54, 1.807) is 12.1 Å². The van der Waals surface area contributed by atoms with Crippen LogP contribution in [0.25, 0.3) is 11.0 Å². The number of benzene rings is 1. The summed E-state index contributed by atoms with van der Waals surface area (Å²) < 4.78 is 11.1. The first-order valence-electron chi connectivity index (χ1n) is 7.93. The van der Waals surface area contributed by atoms with Gasteiger partial charge in [-0.2, -0.15) is 0 Å². The van der Waals surface area contributed by atoms with E-state index in [0.29, 0.717) is 17.8 Å². The molecule has 1 aliphatic rings. The van der Waals surface area contributed by atoms with E-state index in [2.05, 4.69) is 6.92 Å². The van der Waals surface area contributed by atoms with Crippen molar-refractivity contribution in [2.75, 3.05) is 0 Å². The maximum absolute atomic E-state index is 11.9. The Labute approximate surface area is 129 Å². The number of ether oxygens (including phenoxy) is 1. The summed E-state index contributed by atoms with van der Waals surface area (Å²) in [5.74, 6) is 0.747. The molecule has 1 fully saturated rings. The van der Waals surface area contributed by atoms with Gasteiger partial charge in [0.25, 0.3) is 0 Å². The number of carbonyl (C=O) groups excluding carboxylic acids is 1. The van der Waals surface area contributed by atoms with E-state index in [1.807, 2.05) is 12.1 Å². The van der Waals surface area contributed by atoms with Gasteiger partial charge in [0.1, 0.15) is 11.3 Å². The molecule has 1 atom stereocenters. The quantitative estimate of drug-likeness (QED) is 0.809. The van der Waals surface area contributed by atoms with Gasteiger partial charge in [-0.1, -0.05) is 13.3 Å². The van der Waals surface area contributed by atoms with Gasteiger partial charge in [-0.3, -0.25) is 4.79 Å². The molecule has 0 N–H and O–H groups in total. The molecular weight excluding hydrogens is 280 g/mol. The predicted molar refractivity (Wildman–Crippen MR) is 84.4 cm³/mol. The summed E-state index contributed by atoms with van der Waals surface area (Å²) in [7, 11) is 0. The Hall–Kier alpha value is -2.10. The second kappa shape index (κ2) is 6.34. The molecule has 0 unspecified atom stereocenters. The molecule has 2 aromatic rings. The Morgan fingerprint density at radius 3 is 2.86 bits per heavy atom.